The summed E-state index contributed by atoms with van der Waals surface area (Å²) in [5.41, 5.74) is 6.47. The van der Waals surface area contributed by atoms with Crippen LogP contribution < -0.4 is 21.7 Å². The molecule has 1 aromatic rings. The lowest BCUT2D eigenvalue weighted by Crippen LogP contribution is -2.30. The fraction of sp³-hybridized carbons (Fsp3) is 0.615. The number of nitrogens with zero attached hydrogens (tertiary/aromatic N) is 1. The van der Waals surface area contributed by atoms with Crippen molar-refractivity contribution in [3.8, 4) is 0 Å². The van der Waals surface area contributed by atoms with Crippen LogP contribution in [0, 0.1) is 0 Å². The Bertz CT molecular complexity index is 278. The number of hydrogen-bond donors (Lipinski definition) is 4. The number of pyridine rings is 1. The van der Waals surface area contributed by atoms with Gasteiger partial charge in [0, 0.05) is 38.9 Å². The summed E-state index contributed by atoms with van der Waals surface area (Å²) in [5, 5.41) is 10.0. The lowest BCUT2D eigenvalue weighted by Gasteiger charge is -2.07. The summed E-state index contributed by atoms with van der Waals surface area (Å²) in [4.78, 5) is 4.25. The van der Waals surface area contributed by atoms with Gasteiger partial charge in [0.25, 0.3) is 0 Å². The molecule has 0 spiro atoms. The Morgan fingerprint density at radius 1 is 0.944 bits per heavy atom. The lowest BCUT2D eigenvalue weighted by atomic mass is 10.3. The predicted octanol–water partition coefficient (Wildman–Crippen LogP) is -0.301. The average Bonchev–Trinajstić information content (AvgIpc) is 2.42. The summed E-state index contributed by atoms with van der Waals surface area (Å²) >= 11 is 0. The summed E-state index contributed by atoms with van der Waals surface area (Å²) < 4.78 is 0. The third-order valence-corrected chi connectivity index (χ3v) is 2.54. The van der Waals surface area contributed by atoms with Crippen molar-refractivity contribution in [1.82, 2.24) is 20.9 Å². The van der Waals surface area contributed by atoms with Crippen LogP contribution in [0.5, 0.6) is 0 Å². The van der Waals surface area contributed by atoms with Crippen LogP contribution in [0.25, 0.3) is 0 Å². The van der Waals surface area contributed by atoms with E-state index in [1.165, 1.54) is 0 Å². The summed E-state index contributed by atoms with van der Waals surface area (Å²) in [6.07, 6.45) is 2.96. The molecule has 0 unspecified atom stereocenters. The average molecular weight is 251 g/mol. The number of nitrogens with one attached hydrogen (secondary N) is 3. The predicted molar refractivity (Wildman–Crippen MR) is 75.4 cm³/mol. The molecule has 0 amide bonds. The Hall–Kier alpha value is -1.01. The second-order valence-electron chi connectivity index (χ2n) is 4.14. The van der Waals surface area contributed by atoms with Gasteiger partial charge in [0.15, 0.2) is 0 Å². The zero-order chi connectivity index (χ0) is 12.9. The first-order valence-electron chi connectivity index (χ1n) is 6.65. The van der Waals surface area contributed by atoms with Gasteiger partial charge in [-0.05, 0) is 31.6 Å². The van der Waals surface area contributed by atoms with Crippen molar-refractivity contribution in [2.75, 3.05) is 39.3 Å². The maximum absolute atomic E-state index is 5.38. The molecule has 0 fully saturated rings. The van der Waals surface area contributed by atoms with E-state index in [0.717, 1.165) is 51.4 Å². The third kappa shape index (κ3) is 8.14. The van der Waals surface area contributed by atoms with Gasteiger partial charge in [-0.15, -0.1) is 0 Å². The lowest BCUT2D eigenvalue weighted by molar-refractivity contribution is 0.572. The third-order valence-electron chi connectivity index (χ3n) is 2.54. The minimum atomic E-state index is 0.713. The first-order chi connectivity index (χ1) is 8.93. The van der Waals surface area contributed by atoms with Crippen molar-refractivity contribution in [3.05, 3.63) is 30.1 Å². The molecule has 1 rings (SSSR count). The van der Waals surface area contributed by atoms with Gasteiger partial charge in [-0.2, -0.15) is 0 Å². The van der Waals surface area contributed by atoms with E-state index in [-0.39, 0.29) is 0 Å². The Balaban J connectivity index is 1.82. The fourth-order valence-electron chi connectivity index (χ4n) is 1.59. The molecule has 0 atom stereocenters. The van der Waals surface area contributed by atoms with Gasteiger partial charge >= 0.3 is 0 Å². The Morgan fingerprint density at radius 2 is 1.72 bits per heavy atom. The summed E-state index contributed by atoms with van der Waals surface area (Å²) in [7, 11) is 0. The van der Waals surface area contributed by atoms with E-state index in [1.54, 1.807) is 0 Å². The minimum absolute atomic E-state index is 0.713. The van der Waals surface area contributed by atoms with Crippen molar-refractivity contribution in [3.63, 3.8) is 0 Å². The van der Waals surface area contributed by atoms with Crippen molar-refractivity contribution >= 4 is 0 Å². The highest BCUT2D eigenvalue weighted by Crippen LogP contribution is 1.90. The van der Waals surface area contributed by atoms with Crippen molar-refractivity contribution in [2.45, 2.75) is 13.0 Å². The first kappa shape index (κ1) is 15.0. The zero-order valence-corrected chi connectivity index (χ0v) is 11.0. The van der Waals surface area contributed by atoms with Crippen molar-refractivity contribution in [2.24, 2.45) is 5.73 Å². The van der Waals surface area contributed by atoms with Crippen molar-refractivity contribution in [1.29, 1.82) is 0 Å². The van der Waals surface area contributed by atoms with E-state index in [9.17, 15) is 0 Å². The van der Waals surface area contributed by atoms with Gasteiger partial charge in [-0.1, -0.05) is 6.07 Å². The van der Waals surface area contributed by atoms with Gasteiger partial charge in [0.2, 0.25) is 0 Å². The van der Waals surface area contributed by atoms with Gasteiger partial charge in [-0.3, -0.25) is 4.98 Å². The van der Waals surface area contributed by atoms with Crippen LogP contribution in [0.1, 0.15) is 12.1 Å². The van der Waals surface area contributed by atoms with Crippen LogP contribution in [-0.2, 0) is 6.54 Å². The molecule has 102 valence electrons. The van der Waals surface area contributed by atoms with Crippen LogP contribution in [0.4, 0.5) is 0 Å². The number of hydrogen-bond acceptors (Lipinski definition) is 5. The van der Waals surface area contributed by atoms with Gasteiger partial charge in [-0.25, -0.2) is 0 Å². The SMILES string of the molecule is NCCNCCCNCCNCc1ccccn1. The molecule has 1 heterocycles. The van der Waals surface area contributed by atoms with E-state index < -0.39 is 0 Å². The van der Waals surface area contributed by atoms with E-state index >= 15 is 0 Å². The molecular weight excluding hydrogens is 226 g/mol. The molecular formula is C13H25N5. The number of rotatable bonds is 11. The molecule has 5 heteroatoms. The van der Waals surface area contributed by atoms with E-state index in [4.69, 9.17) is 5.73 Å². The highest BCUT2D eigenvalue weighted by Gasteiger charge is 1.92. The summed E-state index contributed by atoms with van der Waals surface area (Å²) in [5.74, 6) is 0. The van der Waals surface area contributed by atoms with Gasteiger partial charge in [0.05, 0.1) is 5.69 Å². The quantitative estimate of drug-likeness (QED) is 0.406. The highest BCUT2D eigenvalue weighted by molar-refractivity contribution is 5.02. The second kappa shape index (κ2) is 11.1. The van der Waals surface area contributed by atoms with Gasteiger partial charge < -0.3 is 21.7 Å². The molecule has 0 aliphatic rings. The van der Waals surface area contributed by atoms with Crippen LogP contribution in [0.15, 0.2) is 24.4 Å². The molecule has 0 radical (unpaired) electrons. The molecule has 0 aliphatic heterocycles. The molecule has 0 saturated carbocycles. The molecule has 18 heavy (non-hydrogen) atoms. The van der Waals surface area contributed by atoms with E-state index in [0.29, 0.717) is 6.54 Å². The molecule has 0 saturated heterocycles. The Labute approximate surface area is 110 Å². The topological polar surface area (TPSA) is 75.0 Å². The summed E-state index contributed by atoms with van der Waals surface area (Å²) in [6.45, 7) is 6.49. The number of aromatic nitrogens is 1. The van der Waals surface area contributed by atoms with Crippen molar-refractivity contribution < 1.29 is 0 Å². The minimum Gasteiger partial charge on any atom is -0.329 e. The molecule has 5 nitrogen and oxygen atoms in total. The molecule has 0 bridgehead atoms. The van der Waals surface area contributed by atoms with Crippen LogP contribution in [0.2, 0.25) is 0 Å². The monoisotopic (exact) mass is 251 g/mol. The summed E-state index contributed by atoms with van der Waals surface area (Å²) in [6, 6.07) is 5.98. The van der Waals surface area contributed by atoms with Gasteiger partial charge in [0.1, 0.15) is 0 Å². The van der Waals surface area contributed by atoms with Crippen LogP contribution in [-0.4, -0.2) is 44.3 Å². The van der Waals surface area contributed by atoms with Crippen LogP contribution in [0.3, 0.4) is 0 Å². The zero-order valence-electron chi connectivity index (χ0n) is 11.0. The normalized spacial score (nSPS) is 10.7. The standard InChI is InChI=1S/C13H25N5/c14-5-9-15-6-3-7-16-10-11-17-12-13-4-1-2-8-18-13/h1-2,4,8,15-17H,3,5-7,9-12,14H2. The van der Waals surface area contributed by atoms with E-state index in [1.807, 2.05) is 24.4 Å². The highest BCUT2D eigenvalue weighted by atomic mass is 15.0. The number of nitrogens with two attached hydrogens (primary N) is 1. The molecule has 1 aromatic heterocycles. The Morgan fingerprint density at radius 3 is 2.44 bits per heavy atom. The molecule has 0 aliphatic carbocycles. The van der Waals surface area contributed by atoms with Crippen LogP contribution >= 0.6 is 0 Å². The first-order valence-corrected chi connectivity index (χ1v) is 6.65. The largest absolute Gasteiger partial charge is 0.329 e. The maximum Gasteiger partial charge on any atom is 0.0541 e. The molecule has 5 N–H and O–H groups in total. The Kier molecular flexibility index (Phi) is 9.28. The smallest absolute Gasteiger partial charge is 0.0541 e. The maximum atomic E-state index is 5.38. The second-order valence-corrected chi connectivity index (χ2v) is 4.14. The molecule has 0 aromatic carbocycles. The fourth-order valence-corrected chi connectivity index (χ4v) is 1.59. The van der Waals surface area contributed by atoms with E-state index in [2.05, 4.69) is 20.9 Å².